The van der Waals surface area contributed by atoms with Gasteiger partial charge in [0.25, 0.3) is 11.8 Å². The molecule has 3 fully saturated rings. The lowest BCUT2D eigenvalue weighted by atomic mass is 9.60. The Morgan fingerprint density at radius 3 is 2.49 bits per heavy atom. The second-order valence-electron chi connectivity index (χ2n) is 8.93. The molecule has 7 nitrogen and oxygen atoms in total. The molecule has 1 aromatic heterocycles. The van der Waals surface area contributed by atoms with Crippen molar-refractivity contribution >= 4 is 23.4 Å². The van der Waals surface area contributed by atoms with E-state index in [2.05, 4.69) is 15.6 Å². The topological polar surface area (TPSA) is 101 Å². The number of carbonyl (C=O) groups excluding carboxylic acids is 2. The monoisotopic (exact) mass is 515 g/mol. The van der Waals surface area contributed by atoms with E-state index >= 15 is 0 Å². The van der Waals surface area contributed by atoms with Gasteiger partial charge in [-0.3, -0.25) is 9.59 Å². The second kappa shape index (κ2) is 9.27. The molecule has 1 unspecified atom stereocenters. The number of hydrogen-bond acceptors (Lipinski definition) is 5. The highest BCUT2D eigenvalue weighted by atomic mass is 35.5. The number of aliphatic hydroxyl groups excluding tert-OH is 1. The van der Waals surface area contributed by atoms with E-state index in [0.29, 0.717) is 25.7 Å². The SMILES string of the molecule is O=C(COc1ccc(Cl)c(F)c1)NC12CCC(NC(=O)c3cccc(C(F)(F)F)n3)(CC1)CC2O. The molecular formula is C23H22ClF4N3O4. The minimum atomic E-state index is -4.68. The summed E-state index contributed by atoms with van der Waals surface area (Å²) in [4.78, 5) is 28.6. The van der Waals surface area contributed by atoms with E-state index in [1.807, 2.05) is 0 Å². The summed E-state index contributed by atoms with van der Waals surface area (Å²) < 4.78 is 57.6. The molecular weight excluding hydrogens is 494 g/mol. The van der Waals surface area contributed by atoms with Crippen LogP contribution in [-0.4, -0.2) is 45.7 Å². The van der Waals surface area contributed by atoms with Gasteiger partial charge in [-0.25, -0.2) is 9.37 Å². The van der Waals surface area contributed by atoms with Crippen LogP contribution in [0, 0.1) is 5.82 Å². The van der Waals surface area contributed by atoms with Crippen molar-refractivity contribution < 1.29 is 37.0 Å². The largest absolute Gasteiger partial charge is 0.484 e. The Morgan fingerprint density at radius 1 is 1.14 bits per heavy atom. The zero-order chi connectivity index (χ0) is 25.4. The number of alkyl halides is 3. The summed E-state index contributed by atoms with van der Waals surface area (Å²) in [6.45, 7) is -0.404. The highest BCUT2D eigenvalue weighted by Gasteiger charge is 2.55. The molecule has 2 bridgehead atoms. The minimum Gasteiger partial charge on any atom is -0.484 e. The number of nitrogens with one attached hydrogen (secondary N) is 2. The number of halogens is 5. The number of pyridine rings is 1. The molecule has 0 radical (unpaired) electrons. The number of hydrogen-bond donors (Lipinski definition) is 3. The molecule has 1 aromatic carbocycles. The first kappa shape index (κ1) is 25.2. The zero-order valence-electron chi connectivity index (χ0n) is 18.3. The van der Waals surface area contributed by atoms with Crippen molar-refractivity contribution in [2.75, 3.05) is 6.61 Å². The van der Waals surface area contributed by atoms with Gasteiger partial charge >= 0.3 is 6.18 Å². The molecule has 5 rings (SSSR count). The smallest absolute Gasteiger partial charge is 0.433 e. The van der Waals surface area contributed by atoms with E-state index in [4.69, 9.17) is 16.3 Å². The Kier molecular flexibility index (Phi) is 6.67. The Labute approximate surface area is 202 Å². The van der Waals surface area contributed by atoms with Crippen LogP contribution in [0.1, 0.15) is 48.3 Å². The van der Waals surface area contributed by atoms with Crippen molar-refractivity contribution in [1.82, 2.24) is 15.6 Å². The standard InChI is InChI=1S/C23H22ClF4N3O4/c24-14-5-4-13(10-15(14)25)35-12-19(33)30-22-8-6-21(7-9-22,11-18(22)32)31-20(34)16-2-1-3-17(29-16)23(26,27)28/h1-5,10,18,32H,6-9,11-12H2,(H,30,33)(H,31,34). The van der Waals surface area contributed by atoms with Gasteiger partial charge in [-0.1, -0.05) is 17.7 Å². The van der Waals surface area contributed by atoms with E-state index < -0.39 is 53.3 Å². The van der Waals surface area contributed by atoms with Crippen LogP contribution in [0.5, 0.6) is 5.75 Å². The Hall–Kier alpha value is -2.92. The second-order valence-corrected chi connectivity index (χ2v) is 9.34. The normalized spacial score (nSPS) is 25.7. The maximum Gasteiger partial charge on any atom is 0.433 e. The van der Waals surface area contributed by atoms with Crippen LogP contribution in [0.15, 0.2) is 36.4 Å². The Bertz CT molecular complexity index is 1140. The highest BCUT2D eigenvalue weighted by Crippen LogP contribution is 2.47. The number of aromatic nitrogens is 1. The average Bonchev–Trinajstić information content (AvgIpc) is 2.80. The molecule has 2 amide bonds. The fraction of sp³-hybridized carbons (Fsp3) is 0.435. The lowest BCUT2D eigenvalue weighted by Crippen LogP contribution is -2.70. The van der Waals surface area contributed by atoms with Gasteiger partial charge in [0.05, 0.1) is 16.7 Å². The molecule has 0 saturated heterocycles. The van der Waals surface area contributed by atoms with Crippen LogP contribution >= 0.6 is 11.6 Å². The number of rotatable bonds is 6. The fourth-order valence-corrected chi connectivity index (χ4v) is 4.83. The summed E-state index contributed by atoms with van der Waals surface area (Å²) in [6, 6.07) is 6.87. The summed E-state index contributed by atoms with van der Waals surface area (Å²) >= 11 is 5.62. The number of carbonyl (C=O) groups is 2. The molecule has 3 N–H and O–H groups in total. The molecule has 188 valence electrons. The highest BCUT2D eigenvalue weighted by molar-refractivity contribution is 6.30. The van der Waals surface area contributed by atoms with Gasteiger partial charge in [-0.05, 0) is 56.4 Å². The first-order valence-electron chi connectivity index (χ1n) is 10.9. The predicted molar refractivity (Wildman–Crippen MR) is 116 cm³/mol. The number of nitrogens with zero attached hydrogens (tertiary/aromatic N) is 1. The van der Waals surface area contributed by atoms with Crippen LogP contribution in [0.2, 0.25) is 5.02 Å². The Balaban J connectivity index is 1.36. The van der Waals surface area contributed by atoms with Crippen molar-refractivity contribution in [1.29, 1.82) is 0 Å². The predicted octanol–water partition coefficient (Wildman–Crippen LogP) is 3.63. The number of aliphatic hydroxyl groups is 1. The number of fused-ring (bicyclic) bond motifs is 3. The van der Waals surface area contributed by atoms with Gasteiger partial charge < -0.3 is 20.5 Å². The van der Waals surface area contributed by atoms with Crippen molar-refractivity contribution in [3.63, 3.8) is 0 Å². The van der Waals surface area contributed by atoms with Crippen LogP contribution in [0.4, 0.5) is 17.6 Å². The number of amides is 2. The molecule has 35 heavy (non-hydrogen) atoms. The first-order valence-corrected chi connectivity index (χ1v) is 11.2. The van der Waals surface area contributed by atoms with Crippen LogP contribution in [0.3, 0.4) is 0 Å². The third-order valence-electron chi connectivity index (χ3n) is 6.62. The van der Waals surface area contributed by atoms with Crippen molar-refractivity contribution in [3.05, 3.63) is 58.6 Å². The van der Waals surface area contributed by atoms with Crippen molar-refractivity contribution in [2.24, 2.45) is 0 Å². The molecule has 2 aromatic rings. The summed E-state index contributed by atoms with van der Waals surface area (Å²) in [5.41, 5.74) is -3.28. The summed E-state index contributed by atoms with van der Waals surface area (Å²) in [5.74, 6) is -1.83. The van der Waals surface area contributed by atoms with E-state index in [-0.39, 0.29) is 22.9 Å². The summed E-state index contributed by atoms with van der Waals surface area (Å²) in [5, 5.41) is 16.3. The zero-order valence-corrected chi connectivity index (χ0v) is 19.0. The van der Waals surface area contributed by atoms with E-state index in [9.17, 15) is 32.3 Å². The molecule has 1 atom stereocenters. The van der Waals surface area contributed by atoms with Gasteiger partial charge in [0.1, 0.15) is 23.0 Å². The van der Waals surface area contributed by atoms with Crippen LogP contribution in [0.25, 0.3) is 0 Å². The van der Waals surface area contributed by atoms with Gasteiger partial charge in [-0.2, -0.15) is 13.2 Å². The van der Waals surface area contributed by atoms with E-state index in [1.54, 1.807) is 0 Å². The van der Waals surface area contributed by atoms with Crippen molar-refractivity contribution in [2.45, 2.75) is 55.5 Å². The fourth-order valence-electron chi connectivity index (χ4n) is 4.72. The van der Waals surface area contributed by atoms with Crippen LogP contribution < -0.4 is 15.4 Å². The lowest BCUT2D eigenvalue weighted by molar-refractivity contribution is -0.141. The number of benzene rings is 1. The summed E-state index contributed by atoms with van der Waals surface area (Å²) in [6.07, 6.45) is -4.09. The van der Waals surface area contributed by atoms with Crippen molar-refractivity contribution in [3.8, 4) is 5.75 Å². The molecule has 3 aliphatic rings. The Morgan fingerprint density at radius 2 is 1.86 bits per heavy atom. The molecule has 3 aliphatic carbocycles. The van der Waals surface area contributed by atoms with E-state index in [1.165, 1.54) is 18.2 Å². The quantitative estimate of drug-likeness (QED) is 0.510. The van der Waals surface area contributed by atoms with E-state index in [0.717, 1.165) is 18.2 Å². The minimum absolute atomic E-state index is 0.0763. The third kappa shape index (κ3) is 5.35. The molecule has 0 spiro atoms. The average molecular weight is 516 g/mol. The van der Waals surface area contributed by atoms with Gasteiger partial charge in [0.2, 0.25) is 0 Å². The van der Waals surface area contributed by atoms with Crippen LogP contribution in [-0.2, 0) is 11.0 Å². The van der Waals surface area contributed by atoms with Gasteiger partial charge in [0.15, 0.2) is 6.61 Å². The summed E-state index contributed by atoms with van der Waals surface area (Å²) in [7, 11) is 0. The lowest BCUT2D eigenvalue weighted by Gasteiger charge is -2.56. The molecule has 3 saturated carbocycles. The van der Waals surface area contributed by atoms with Gasteiger partial charge in [0, 0.05) is 11.6 Å². The molecule has 1 heterocycles. The van der Waals surface area contributed by atoms with Gasteiger partial charge in [-0.15, -0.1) is 0 Å². The molecule has 12 heteroatoms. The maximum atomic E-state index is 13.5. The number of ether oxygens (including phenoxy) is 1. The first-order chi connectivity index (χ1) is 16.4. The molecule has 0 aliphatic heterocycles. The maximum absolute atomic E-state index is 13.5. The third-order valence-corrected chi connectivity index (χ3v) is 6.93.